The fourth-order valence-electron chi connectivity index (χ4n) is 1.38. The molecule has 0 fully saturated rings. The minimum absolute atomic E-state index is 0.376. The van der Waals surface area contributed by atoms with Crippen LogP contribution in [-0.2, 0) is 6.54 Å². The summed E-state index contributed by atoms with van der Waals surface area (Å²) in [6.45, 7) is 2.58. The summed E-state index contributed by atoms with van der Waals surface area (Å²) in [5.41, 5.74) is 6.51. The number of ether oxygens (including phenoxy) is 1. The van der Waals surface area contributed by atoms with E-state index in [0.29, 0.717) is 18.3 Å². The summed E-state index contributed by atoms with van der Waals surface area (Å²) in [5.74, 6) is 0.786. The molecule has 4 nitrogen and oxygen atoms in total. The van der Waals surface area contributed by atoms with Crippen LogP contribution in [0.25, 0.3) is 0 Å². The standard InChI is InChI=1S/C13H19F2N3O/c1-2-6-17-13(16)18-8-10-4-3-5-11(7-10)19-9-12(14)15/h3-5,7,12H,2,6,8-9H2,1H3,(H3,16,17,18). The highest BCUT2D eigenvalue weighted by atomic mass is 19.3. The highest BCUT2D eigenvalue weighted by molar-refractivity contribution is 5.77. The van der Waals surface area contributed by atoms with E-state index in [1.807, 2.05) is 13.0 Å². The van der Waals surface area contributed by atoms with E-state index in [2.05, 4.69) is 10.3 Å². The lowest BCUT2D eigenvalue weighted by atomic mass is 10.2. The Balaban J connectivity index is 2.52. The van der Waals surface area contributed by atoms with Crippen molar-refractivity contribution in [1.29, 1.82) is 0 Å². The molecule has 6 heteroatoms. The van der Waals surface area contributed by atoms with Crippen molar-refractivity contribution in [3.05, 3.63) is 29.8 Å². The highest BCUT2D eigenvalue weighted by Gasteiger charge is 2.03. The van der Waals surface area contributed by atoms with Crippen molar-refractivity contribution >= 4 is 5.96 Å². The van der Waals surface area contributed by atoms with Gasteiger partial charge in [0.05, 0.1) is 6.54 Å². The third-order valence-electron chi connectivity index (χ3n) is 2.26. The van der Waals surface area contributed by atoms with Crippen LogP contribution in [0.4, 0.5) is 8.78 Å². The van der Waals surface area contributed by atoms with Crippen molar-refractivity contribution in [2.24, 2.45) is 10.7 Å². The number of hydrogen-bond acceptors (Lipinski definition) is 2. The predicted octanol–water partition coefficient (Wildman–Crippen LogP) is 2.14. The van der Waals surface area contributed by atoms with Gasteiger partial charge in [-0.3, -0.25) is 0 Å². The van der Waals surface area contributed by atoms with Crippen LogP contribution in [0.1, 0.15) is 18.9 Å². The van der Waals surface area contributed by atoms with E-state index in [-0.39, 0.29) is 0 Å². The Morgan fingerprint density at radius 1 is 1.47 bits per heavy atom. The molecule has 106 valence electrons. The fraction of sp³-hybridized carbons (Fsp3) is 0.462. The summed E-state index contributed by atoms with van der Waals surface area (Å²) in [5, 5.41) is 2.95. The maximum absolute atomic E-state index is 12.0. The van der Waals surface area contributed by atoms with Gasteiger partial charge in [-0.2, -0.15) is 0 Å². The molecule has 0 aliphatic carbocycles. The Morgan fingerprint density at radius 3 is 2.95 bits per heavy atom. The molecule has 0 aromatic heterocycles. The third kappa shape index (κ3) is 6.59. The number of nitrogens with two attached hydrogens (primary N) is 1. The first kappa shape index (κ1) is 15.2. The topological polar surface area (TPSA) is 59.6 Å². The number of nitrogens with zero attached hydrogens (tertiary/aromatic N) is 1. The van der Waals surface area contributed by atoms with Crippen LogP contribution in [0.3, 0.4) is 0 Å². The molecule has 3 N–H and O–H groups in total. The summed E-state index contributed by atoms with van der Waals surface area (Å²) < 4.78 is 29.0. The van der Waals surface area contributed by atoms with Gasteiger partial charge >= 0.3 is 0 Å². The van der Waals surface area contributed by atoms with Crippen LogP contribution in [-0.4, -0.2) is 25.5 Å². The fourth-order valence-corrected chi connectivity index (χ4v) is 1.38. The zero-order chi connectivity index (χ0) is 14.1. The van der Waals surface area contributed by atoms with Gasteiger partial charge in [0.15, 0.2) is 5.96 Å². The van der Waals surface area contributed by atoms with Crippen LogP contribution < -0.4 is 15.8 Å². The van der Waals surface area contributed by atoms with Crippen molar-refractivity contribution in [3.63, 3.8) is 0 Å². The van der Waals surface area contributed by atoms with Gasteiger partial charge in [0.25, 0.3) is 6.43 Å². The van der Waals surface area contributed by atoms with E-state index in [9.17, 15) is 8.78 Å². The lowest BCUT2D eigenvalue weighted by molar-refractivity contribution is 0.0818. The molecule has 0 unspecified atom stereocenters. The number of benzene rings is 1. The minimum Gasteiger partial charge on any atom is -0.488 e. The van der Waals surface area contributed by atoms with Gasteiger partial charge in [-0.15, -0.1) is 0 Å². The van der Waals surface area contributed by atoms with Crippen LogP contribution in [0.5, 0.6) is 5.75 Å². The van der Waals surface area contributed by atoms with Gasteiger partial charge in [-0.25, -0.2) is 13.8 Å². The van der Waals surface area contributed by atoms with Gasteiger partial charge < -0.3 is 15.8 Å². The third-order valence-corrected chi connectivity index (χ3v) is 2.26. The van der Waals surface area contributed by atoms with Gasteiger partial charge in [-0.1, -0.05) is 19.1 Å². The number of alkyl halides is 2. The quantitative estimate of drug-likeness (QED) is 0.590. The van der Waals surface area contributed by atoms with E-state index >= 15 is 0 Å². The second-order valence-electron chi connectivity index (χ2n) is 3.98. The summed E-state index contributed by atoms with van der Waals surface area (Å²) >= 11 is 0. The monoisotopic (exact) mass is 271 g/mol. The summed E-state index contributed by atoms with van der Waals surface area (Å²) in [4.78, 5) is 4.15. The van der Waals surface area contributed by atoms with Crippen LogP contribution in [0.2, 0.25) is 0 Å². The second-order valence-corrected chi connectivity index (χ2v) is 3.98. The molecule has 0 spiro atoms. The molecule has 0 bridgehead atoms. The summed E-state index contributed by atoms with van der Waals surface area (Å²) in [6.07, 6.45) is -1.51. The predicted molar refractivity (Wildman–Crippen MR) is 71.6 cm³/mol. The molecule has 0 aliphatic heterocycles. The first-order chi connectivity index (χ1) is 9.11. The number of aliphatic imine (C=N–C) groups is 1. The molecule has 1 aromatic carbocycles. The maximum Gasteiger partial charge on any atom is 0.272 e. The Kier molecular flexibility index (Phi) is 6.63. The second kappa shape index (κ2) is 8.29. The molecular formula is C13H19F2N3O. The smallest absolute Gasteiger partial charge is 0.272 e. The van der Waals surface area contributed by atoms with E-state index in [1.165, 1.54) is 0 Å². The van der Waals surface area contributed by atoms with Gasteiger partial charge in [0.2, 0.25) is 0 Å². The Morgan fingerprint density at radius 2 is 2.26 bits per heavy atom. The first-order valence-electron chi connectivity index (χ1n) is 6.15. The molecule has 0 saturated carbocycles. The van der Waals surface area contributed by atoms with E-state index in [4.69, 9.17) is 10.5 Å². The largest absolute Gasteiger partial charge is 0.488 e. The molecule has 0 radical (unpaired) electrons. The number of hydrogen-bond donors (Lipinski definition) is 2. The number of halogens is 2. The van der Waals surface area contributed by atoms with Crippen molar-refractivity contribution < 1.29 is 13.5 Å². The lowest BCUT2D eigenvalue weighted by Crippen LogP contribution is -2.32. The molecule has 19 heavy (non-hydrogen) atoms. The average molecular weight is 271 g/mol. The van der Waals surface area contributed by atoms with Crippen LogP contribution in [0, 0.1) is 0 Å². The molecule has 0 amide bonds. The molecule has 1 aromatic rings. The van der Waals surface area contributed by atoms with Crippen LogP contribution in [0.15, 0.2) is 29.3 Å². The number of rotatable bonds is 7. The van der Waals surface area contributed by atoms with E-state index in [1.54, 1.807) is 18.2 Å². The Hall–Kier alpha value is -1.85. The zero-order valence-electron chi connectivity index (χ0n) is 10.9. The van der Waals surface area contributed by atoms with Crippen molar-refractivity contribution in [2.45, 2.75) is 26.3 Å². The van der Waals surface area contributed by atoms with Crippen molar-refractivity contribution in [2.75, 3.05) is 13.2 Å². The van der Waals surface area contributed by atoms with Crippen molar-refractivity contribution in [3.8, 4) is 5.75 Å². The lowest BCUT2D eigenvalue weighted by Gasteiger charge is -2.07. The SMILES string of the molecule is CCCNC(N)=NCc1cccc(OCC(F)F)c1. The van der Waals surface area contributed by atoms with E-state index in [0.717, 1.165) is 18.5 Å². The first-order valence-corrected chi connectivity index (χ1v) is 6.15. The molecule has 0 aliphatic rings. The summed E-state index contributed by atoms with van der Waals surface area (Å²) in [7, 11) is 0. The summed E-state index contributed by atoms with van der Waals surface area (Å²) in [6, 6.07) is 6.89. The minimum atomic E-state index is -2.48. The molecule has 0 atom stereocenters. The molecule has 0 saturated heterocycles. The molecular weight excluding hydrogens is 252 g/mol. The van der Waals surface area contributed by atoms with Gasteiger partial charge in [0, 0.05) is 6.54 Å². The Labute approximate surface area is 111 Å². The van der Waals surface area contributed by atoms with Crippen molar-refractivity contribution in [1.82, 2.24) is 5.32 Å². The van der Waals surface area contributed by atoms with Crippen LogP contribution >= 0.6 is 0 Å². The highest BCUT2D eigenvalue weighted by Crippen LogP contribution is 2.14. The Bertz CT molecular complexity index is 411. The van der Waals surface area contributed by atoms with E-state index < -0.39 is 13.0 Å². The maximum atomic E-state index is 12.0. The normalized spacial score (nSPS) is 11.7. The molecule has 0 heterocycles. The number of guanidine groups is 1. The van der Waals surface area contributed by atoms with Gasteiger partial charge in [-0.05, 0) is 24.1 Å². The zero-order valence-corrected chi connectivity index (χ0v) is 10.9. The number of nitrogens with one attached hydrogen (secondary N) is 1. The van der Waals surface area contributed by atoms with Gasteiger partial charge in [0.1, 0.15) is 12.4 Å². The molecule has 1 rings (SSSR count). The average Bonchev–Trinajstić information content (AvgIpc) is 2.41.